The first-order valence-corrected chi connectivity index (χ1v) is 22.8. The number of aliphatic carboxylic acids is 1. The third-order valence-corrected chi connectivity index (χ3v) is 13.0. The summed E-state index contributed by atoms with van der Waals surface area (Å²) in [7, 11) is -11.2. The monoisotopic (exact) mass is 854 g/mol. The second-order valence-corrected chi connectivity index (χ2v) is 18.7. The van der Waals surface area contributed by atoms with Crippen molar-refractivity contribution in [1.29, 1.82) is 0 Å². The minimum atomic E-state index is -4.88. The SMILES string of the molecule is COCCOCC[N+]1=C(C=CC=C2N(CCCCCC(=O)O)c3ccc(S(=O)(=O)[O-])cc3C2(C)CCOC)C(C)(CCCS(=O)(=O)[O-])c2cc(S(=O)(=O)[O-])ccc21. The van der Waals surface area contributed by atoms with Gasteiger partial charge in [-0.1, -0.05) is 12.5 Å². The molecule has 0 saturated carbocycles. The third kappa shape index (κ3) is 11.4. The first-order valence-electron chi connectivity index (χ1n) is 18.4. The molecule has 0 bridgehead atoms. The Morgan fingerprint density at radius 1 is 0.807 bits per heavy atom. The average Bonchev–Trinajstić information content (AvgIpc) is 3.49. The zero-order chi connectivity index (χ0) is 42.2. The second kappa shape index (κ2) is 19.0. The van der Waals surface area contributed by atoms with E-state index in [0.29, 0.717) is 73.7 Å². The molecular weight excluding hydrogens is 805 g/mol. The molecule has 0 fully saturated rings. The summed E-state index contributed by atoms with van der Waals surface area (Å²) >= 11 is 0. The van der Waals surface area contributed by atoms with Crippen LogP contribution in [0.5, 0.6) is 0 Å². The molecule has 1 N–H and O–H groups in total. The fraction of sp³-hybridized carbons (Fsp3) is 0.526. The molecule has 2 unspecified atom stereocenters. The Hall–Kier alpha value is -3.53. The number of carboxylic acid groups (broad SMARTS) is 1. The number of ether oxygens (including phenoxy) is 3. The molecule has 4 rings (SSSR count). The number of rotatable bonds is 23. The molecule has 2 aliphatic heterocycles. The molecule has 2 aliphatic rings. The van der Waals surface area contributed by atoms with Crippen LogP contribution in [0.4, 0.5) is 11.4 Å². The largest absolute Gasteiger partial charge is 0.748 e. The van der Waals surface area contributed by atoms with E-state index < -0.39 is 57.8 Å². The molecule has 316 valence electrons. The number of unbranched alkanes of at least 4 members (excludes halogenated alkanes) is 2. The van der Waals surface area contributed by atoms with E-state index in [1.54, 1.807) is 25.1 Å². The Balaban J connectivity index is 1.90. The first kappa shape index (κ1) is 46.2. The van der Waals surface area contributed by atoms with Gasteiger partial charge >= 0.3 is 5.97 Å². The Bertz CT molecular complexity index is 2220. The number of hydrogen-bond donors (Lipinski definition) is 1. The van der Waals surface area contributed by atoms with Crippen molar-refractivity contribution in [3.05, 3.63) is 71.5 Å². The van der Waals surface area contributed by atoms with Gasteiger partial charge in [-0.15, -0.1) is 0 Å². The van der Waals surface area contributed by atoms with E-state index in [4.69, 9.17) is 19.3 Å². The number of hydrogen-bond acceptors (Lipinski definition) is 14. The number of benzene rings is 2. The maximum atomic E-state index is 12.2. The van der Waals surface area contributed by atoms with Crippen molar-refractivity contribution in [2.45, 2.75) is 79.4 Å². The number of nitrogens with zero attached hydrogens (tertiary/aromatic N) is 2. The van der Waals surface area contributed by atoms with Gasteiger partial charge in [0.2, 0.25) is 5.69 Å². The summed E-state index contributed by atoms with van der Waals surface area (Å²) in [5.41, 5.74) is 1.62. The van der Waals surface area contributed by atoms with E-state index >= 15 is 0 Å². The van der Waals surface area contributed by atoms with Gasteiger partial charge in [0.15, 0.2) is 12.3 Å². The highest BCUT2D eigenvalue weighted by Crippen LogP contribution is 2.51. The van der Waals surface area contributed by atoms with E-state index in [-0.39, 0.29) is 43.9 Å². The van der Waals surface area contributed by atoms with E-state index in [9.17, 15) is 43.7 Å². The van der Waals surface area contributed by atoms with Gasteiger partial charge in [-0.25, -0.2) is 25.3 Å². The van der Waals surface area contributed by atoms with Crippen LogP contribution in [0.15, 0.2) is 70.1 Å². The molecule has 2 heterocycles. The zero-order valence-corrected chi connectivity index (χ0v) is 34.9. The van der Waals surface area contributed by atoms with Crippen molar-refractivity contribution in [3.63, 3.8) is 0 Å². The molecule has 0 saturated heterocycles. The predicted molar refractivity (Wildman–Crippen MR) is 207 cm³/mol. The number of carbonyl (C=O) groups is 1. The molecule has 2 aromatic carbocycles. The molecule has 16 nitrogen and oxygen atoms in total. The van der Waals surface area contributed by atoms with Crippen molar-refractivity contribution in [3.8, 4) is 0 Å². The maximum Gasteiger partial charge on any atom is 0.303 e. The standard InChI is InChI=1S/C38H52N2O14S3/c1-37(17-9-25-55(43,44)45)30-26-28(56(46,47)48)14-16-33(30)40(20-22-54-24-23-53-4)34(37)10-8-11-35-38(2,18-21-52-3)31-27-29(57(49,50)51)13-15-32(31)39(35)19-7-5-6-12-36(41)42/h8,10-11,13-16,26-27H,5-7,9,12,17-25H2,1-4H3,(H3-,41,42,43,44,45,46,47,48,49,50,51)/p-2. The minimum absolute atomic E-state index is 0.00890. The van der Waals surface area contributed by atoms with Crippen LogP contribution < -0.4 is 4.90 Å². The Labute approximate surface area is 335 Å². The molecule has 57 heavy (non-hydrogen) atoms. The van der Waals surface area contributed by atoms with E-state index in [0.717, 1.165) is 5.70 Å². The molecule has 19 heteroatoms. The lowest BCUT2D eigenvalue weighted by atomic mass is 9.75. The number of anilines is 1. The molecule has 0 spiro atoms. The van der Waals surface area contributed by atoms with Crippen LogP contribution in [0.25, 0.3) is 0 Å². The van der Waals surface area contributed by atoms with Crippen molar-refractivity contribution < 1.29 is 67.6 Å². The van der Waals surface area contributed by atoms with Crippen molar-refractivity contribution in [2.24, 2.45) is 0 Å². The van der Waals surface area contributed by atoms with Gasteiger partial charge in [0.1, 0.15) is 26.8 Å². The smallest absolute Gasteiger partial charge is 0.303 e. The van der Waals surface area contributed by atoms with Crippen LogP contribution in [0.2, 0.25) is 0 Å². The molecule has 0 amide bonds. The molecule has 0 radical (unpaired) electrons. The highest BCUT2D eigenvalue weighted by Gasteiger charge is 2.48. The fourth-order valence-electron chi connectivity index (χ4n) is 7.64. The Kier molecular flexibility index (Phi) is 15.4. The summed E-state index contributed by atoms with van der Waals surface area (Å²) in [5.74, 6) is -1.57. The van der Waals surface area contributed by atoms with Gasteiger partial charge < -0.3 is 37.9 Å². The Morgan fingerprint density at radius 3 is 2.07 bits per heavy atom. The van der Waals surface area contributed by atoms with Crippen molar-refractivity contribution in [1.82, 2.24) is 0 Å². The highest BCUT2D eigenvalue weighted by molar-refractivity contribution is 7.86. The molecule has 0 aromatic heterocycles. The zero-order valence-electron chi connectivity index (χ0n) is 32.5. The van der Waals surface area contributed by atoms with Gasteiger partial charge in [0.05, 0.1) is 38.5 Å². The maximum absolute atomic E-state index is 12.2. The topological polar surface area (TPSA) is 243 Å². The van der Waals surface area contributed by atoms with Crippen LogP contribution in [-0.2, 0) is 60.2 Å². The number of methoxy groups -OCH3 is 2. The lowest BCUT2D eigenvalue weighted by molar-refractivity contribution is -0.442. The summed E-state index contributed by atoms with van der Waals surface area (Å²) in [5, 5.41) is 9.14. The summed E-state index contributed by atoms with van der Waals surface area (Å²) in [6.45, 7) is 5.50. The average molecular weight is 855 g/mol. The lowest BCUT2D eigenvalue weighted by Crippen LogP contribution is -2.33. The molecular formula is C38H50N2O14S3-2. The van der Waals surface area contributed by atoms with Crippen LogP contribution >= 0.6 is 0 Å². The Morgan fingerprint density at radius 2 is 1.46 bits per heavy atom. The summed E-state index contributed by atoms with van der Waals surface area (Å²) in [6, 6.07) is 8.23. The summed E-state index contributed by atoms with van der Waals surface area (Å²) in [6.07, 6.45) is 7.45. The molecule has 2 atom stereocenters. The van der Waals surface area contributed by atoms with Crippen molar-refractivity contribution >= 4 is 53.4 Å². The number of allylic oxidation sites excluding steroid dienone is 4. The third-order valence-electron chi connectivity index (χ3n) is 10.5. The van der Waals surface area contributed by atoms with E-state index in [2.05, 4.69) is 0 Å². The van der Waals surface area contributed by atoms with Gasteiger partial charge in [-0.2, -0.15) is 4.58 Å². The normalized spacial score (nSPS) is 20.5. The van der Waals surface area contributed by atoms with Crippen LogP contribution in [0, 0.1) is 0 Å². The van der Waals surface area contributed by atoms with E-state index in [1.165, 1.54) is 44.6 Å². The summed E-state index contributed by atoms with van der Waals surface area (Å²) < 4.78 is 126. The van der Waals surface area contributed by atoms with Gasteiger partial charge in [0, 0.05) is 74.1 Å². The number of carboxylic acids is 1. The number of fused-ring (bicyclic) bond motifs is 2. The van der Waals surface area contributed by atoms with Crippen LogP contribution in [0.3, 0.4) is 0 Å². The fourth-order valence-corrected chi connectivity index (χ4v) is 9.14. The summed E-state index contributed by atoms with van der Waals surface area (Å²) in [4.78, 5) is 12.3. The van der Waals surface area contributed by atoms with Gasteiger partial charge in [0.25, 0.3) is 0 Å². The molecule has 0 aliphatic carbocycles. The quantitative estimate of drug-likeness (QED) is 0.0951. The lowest BCUT2D eigenvalue weighted by Gasteiger charge is -2.30. The van der Waals surface area contributed by atoms with E-state index in [1.807, 2.05) is 22.5 Å². The van der Waals surface area contributed by atoms with Gasteiger partial charge in [-0.05, 0) is 87.9 Å². The van der Waals surface area contributed by atoms with Crippen LogP contribution in [0.1, 0.15) is 69.9 Å². The van der Waals surface area contributed by atoms with Crippen LogP contribution in [-0.4, -0.2) is 120 Å². The highest BCUT2D eigenvalue weighted by atomic mass is 32.2. The second-order valence-electron chi connectivity index (χ2n) is 14.4. The predicted octanol–water partition coefficient (Wildman–Crippen LogP) is 3.74. The first-order chi connectivity index (χ1) is 26.7. The minimum Gasteiger partial charge on any atom is -0.748 e. The van der Waals surface area contributed by atoms with Crippen molar-refractivity contribution in [2.75, 3.05) is 64.4 Å². The molecule has 2 aromatic rings. The van der Waals surface area contributed by atoms with Gasteiger partial charge in [-0.3, -0.25) is 4.79 Å².